The summed E-state index contributed by atoms with van der Waals surface area (Å²) in [6.07, 6.45) is 1.21. The number of hydrogen-bond donors (Lipinski definition) is 4. The highest BCUT2D eigenvalue weighted by Crippen LogP contribution is 2.48. The lowest BCUT2D eigenvalue weighted by molar-refractivity contribution is -0.144. The zero-order valence-electron chi connectivity index (χ0n) is 26.6. The lowest BCUT2D eigenvalue weighted by atomic mass is 9.62. The molecule has 5 rings (SSSR count). The van der Waals surface area contributed by atoms with Crippen LogP contribution in [0.3, 0.4) is 0 Å². The Morgan fingerprint density at radius 3 is 2.19 bits per heavy atom. The van der Waals surface area contributed by atoms with Gasteiger partial charge in [0, 0.05) is 19.1 Å². The van der Waals surface area contributed by atoms with E-state index < -0.39 is 41.6 Å². The maximum atomic E-state index is 14.2. The number of carboxylic acids is 1. The molecule has 5 N–H and O–H groups in total. The first kappa shape index (κ1) is 38.0. The molecule has 0 spiro atoms. The highest BCUT2D eigenvalue weighted by Gasteiger charge is 2.49. The molecule has 1 aliphatic carbocycles. The molecule has 0 radical (unpaired) electrons. The molecule has 3 aromatic carbocycles. The van der Waals surface area contributed by atoms with Crippen LogP contribution in [0.15, 0.2) is 78.9 Å². The molecule has 1 heterocycles. The first-order valence-corrected chi connectivity index (χ1v) is 15.4. The van der Waals surface area contributed by atoms with Crippen molar-refractivity contribution < 1.29 is 33.8 Å². The minimum atomic E-state index is -1.50. The Kier molecular flexibility index (Phi) is 13.1. The van der Waals surface area contributed by atoms with E-state index in [0.717, 1.165) is 0 Å². The van der Waals surface area contributed by atoms with Crippen molar-refractivity contribution in [1.82, 2.24) is 15.5 Å². The molecule has 1 saturated heterocycles. The summed E-state index contributed by atoms with van der Waals surface area (Å²) in [5.41, 5.74) is 6.41. The number of methoxy groups -OCH3 is 1. The maximum Gasteiger partial charge on any atom is 0.326 e. The number of ether oxygens (including phenoxy) is 1. The van der Waals surface area contributed by atoms with Crippen LogP contribution in [-0.4, -0.2) is 71.9 Å². The van der Waals surface area contributed by atoms with E-state index in [1.165, 1.54) is 7.11 Å². The van der Waals surface area contributed by atoms with Gasteiger partial charge in [0.1, 0.15) is 11.8 Å². The lowest BCUT2D eigenvalue weighted by Gasteiger charge is -2.43. The molecular weight excluding hydrogens is 653 g/mol. The number of primary amides is 1. The van der Waals surface area contributed by atoms with E-state index >= 15 is 0 Å². The SMILES string of the molecule is COc1ccccc1C(=O)NC1CCN(C(=O)[C@H]2CC[C@@](C(=O)N[C@@H](CC(N)=O)C(=O)O)(c3ccccc3)c3ccccc32)CC1.S.S. The Morgan fingerprint density at radius 2 is 1.54 bits per heavy atom. The molecule has 13 heteroatoms. The number of carbonyl (C=O) groups excluding carboxylic acids is 4. The van der Waals surface area contributed by atoms with E-state index in [2.05, 4.69) is 10.6 Å². The van der Waals surface area contributed by atoms with E-state index in [-0.39, 0.29) is 51.3 Å². The maximum absolute atomic E-state index is 14.2. The predicted molar refractivity (Wildman–Crippen MR) is 190 cm³/mol. The molecule has 0 unspecified atom stereocenters. The molecule has 0 bridgehead atoms. The van der Waals surface area contributed by atoms with Gasteiger partial charge >= 0.3 is 5.97 Å². The first-order valence-electron chi connectivity index (χ1n) is 15.4. The first-order chi connectivity index (χ1) is 22.1. The molecule has 0 aromatic heterocycles. The Labute approximate surface area is 293 Å². The van der Waals surface area contributed by atoms with E-state index in [4.69, 9.17) is 10.5 Å². The summed E-state index contributed by atoms with van der Waals surface area (Å²) in [6.45, 7) is 0.929. The van der Waals surface area contributed by atoms with Gasteiger partial charge in [-0.15, -0.1) is 0 Å². The Hall–Kier alpha value is -4.49. The van der Waals surface area contributed by atoms with Gasteiger partial charge in [-0.1, -0.05) is 66.7 Å². The average molecular weight is 695 g/mol. The topological polar surface area (TPSA) is 168 Å². The van der Waals surface area contributed by atoms with Crippen molar-refractivity contribution in [2.24, 2.45) is 5.73 Å². The van der Waals surface area contributed by atoms with Gasteiger partial charge in [-0.2, -0.15) is 27.0 Å². The molecule has 3 atom stereocenters. The average Bonchev–Trinajstić information content (AvgIpc) is 3.07. The second-order valence-electron chi connectivity index (χ2n) is 11.8. The number of benzene rings is 3. The molecule has 256 valence electrons. The Bertz CT molecular complexity index is 1630. The molecular formula is C35H42N4O7S2. The third kappa shape index (κ3) is 7.79. The molecule has 1 fully saturated rings. The molecule has 0 saturated carbocycles. The number of likely N-dealkylation sites (tertiary alicyclic amines) is 1. The molecule has 2 aliphatic rings. The van der Waals surface area contributed by atoms with Crippen molar-refractivity contribution in [3.05, 3.63) is 101 Å². The fraction of sp³-hybridized carbons (Fsp3) is 0.343. The minimum Gasteiger partial charge on any atom is -0.496 e. The van der Waals surface area contributed by atoms with Crippen LogP contribution in [0.25, 0.3) is 0 Å². The molecule has 48 heavy (non-hydrogen) atoms. The molecule has 1 aliphatic heterocycles. The van der Waals surface area contributed by atoms with Crippen molar-refractivity contribution in [1.29, 1.82) is 0 Å². The second kappa shape index (κ2) is 16.6. The van der Waals surface area contributed by atoms with Crippen LogP contribution < -0.4 is 21.1 Å². The Morgan fingerprint density at radius 1 is 0.917 bits per heavy atom. The molecule has 3 aromatic rings. The predicted octanol–water partition coefficient (Wildman–Crippen LogP) is 2.95. The van der Waals surface area contributed by atoms with Crippen molar-refractivity contribution in [3.63, 3.8) is 0 Å². The number of carboxylic acid groups (broad SMARTS) is 1. The van der Waals surface area contributed by atoms with Crippen LogP contribution in [0.5, 0.6) is 5.75 Å². The summed E-state index contributed by atoms with van der Waals surface area (Å²) >= 11 is 0. The monoisotopic (exact) mass is 694 g/mol. The number of nitrogens with two attached hydrogens (primary N) is 1. The zero-order chi connectivity index (χ0) is 32.8. The number of rotatable bonds is 10. The highest BCUT2D eigenvalue weighted by molar-refractivity contribution is 7.59. The summed E-state index contributed by atoms with van der Waals surface area (Å²) < 4.78 is 5.32. The van der Waals surface area contributed by atoms with Crippen LogP contribution in [0.2, 0.25) is 0 Å². The number of para-hydroxylation sites is 1. The van der Waals surface area contributed by atoms with Gasteiger partial charge in [0.05, 0.1) is 30.4 Å². The van der Waals surface area contributed by atoms with Crippen molar-refractivity contribution in [3.8, 4) is 5.75 Å². The number of fused-ring (bicyclic) bond motifs is 1. The van der Waals surface area contributed by atoms with Crippen molar-refractivity contribution >= 4 is 56.6 Å². The number of piperidine rings is 1. The van der Waals surface area contributed by atoms with Crippen molar-refractivity contribution in [2.45, 2.75) is 55.5 Å². The quantitative estimate of drug-likeness (QED) is 0.253. The van der Waals surface area contributed by atoms with Gasteiger partial charge in [0.25, 0.3) is 5.91 Å². The summed E-state index contributed by atoms with van der Waals surface area (Å²) in [4.78, 5) is 66.5. The fourth-order valence-corrected chi connectivity index (χ4v) is 6.73. The van der Waals surface area contributed by atoms with E-state index in [0.29, 0.717) is 60.4 Å². The second-order valence-corrected chi connectivity index (χ2v) is 11.8. The number of nitrogens with one attached hydrogen (secondary N) is 2. The zero-order valence-corrected chi connectivity index (χ0v) is 28.6. The minimum absolute atomic E-state index is 0. The number of nitrogens with zero attached hydrogens (tertiary/aromatic N) is 1. The van der Waals surface area contributed by atoms with Gasteiger partial charge in [0.2, 0.25) is 17.7 Å². The van der Waals surface area contributed by atoms with Crippen LogP contribution in [-0.2, 0) is 24.6 Å². The van der Waals surface area contributed by atoms with E-state index in [1.54, 1.807) is 42.5 Å². The molecule has 11 nitrogen and oxygen atoms in total. The van der Waals surface area contributed by atoms with Gasteiger partial charge in [-0.3, -0.25) is 19.2 Å². The third-order valence-electron chi connectivity index (χ3n) is 9.06. The standard InChI is InChI=1S/C35H38N4O7.2H2S/c1-46-29-14-8-6-12-26(29)31(41)37-23-16-19-39(20-17-23)32(42)25-15-18-35(22-9-3-2-4-10-22,27-13-7-5-11-24(25)27)34(45)38-28(33(43)44)21-30(36)40;;/h2-14,23,25,28H,15-21H2,1H3,(H2,36,40)(H,37,41)(H,38,45)(H,43,44);2*1H2/t25-,28-,35+;;/m0../s1. The van der Waals surface area contributed by atoms with Crippen LogP contribution in [0.1, 0.15) is 65.1 Å². The van der Waals surface area contributed by atoms with Crippen LogP contribution in [0, 0.1) is 0 Å². The van der Waals surface area contributed by atoms with Gasteiger partial charge < -0.3 is 31.1 Å². The smallest absolute Gasteiger partial charge is 0.326 e. The number of carbonyl (C=O) groups is 5. The third-order valence-corrected chi connectivity index (χ3v) is 9.06. The van der Waals surface area contributed by atoms with Gasteiger partial charge in [0.15, 0.2) is 0 Å². The van der Waals surface area contributed by atoms with Crippen LogP contribution >= 0.6 is 27.0 Å². The van der Waals surface area contributed by atoms with Gasteiger partial charge in [-0.25, -0.2) is 4.79 Å². The van der Waals surface area contributed by atoms with Crippen LogP contribution in [0.4, 0.5) is 0 Å². The number of aliphatic carboxylic acids is 1. The van der Waals surface area contributed by atoms with Gasteiger partial charge in [-0.05, 0) is 54.5 Å². The lowest BCUT2D eigenvalue weighted by Crippen LogP contribution is -2.54. The van der Waals surface area contributed by atoms with E-state index in [1.807, 2.05) is 41.3 Å². The summed E-state index contributed by atoms with van der Waals surface area (Å²) in [6, 6.07) is 21.8. The number of hydrogen-bond acceptors (Lipinski definition) is 6. The highest BCUT2D eigenvalue weighted by atomic mass is 32.1. The summed E-state index contributed by atoms with van der Waals surface area (Å²) in [5.74, 6) is -3.08. The molecule has 4 amide bonds. The summed E-state index contributed by atoms with van der Waals surface area (Å²) in [5, 5.41) is 15.4. The fourth-order valence-electron chi connectivity index (χ4n) is 6.73. The van der Waals surface area contributed by atoms with E-state index in [9.17, 15) is 29.1 Å². The Balaban J connectivity index is 0.00000312. The largest absolute Gasteiger partial charge is 0.496 e. The number of amides is 4. The normalized spacial score (nSPS) is 19.3. The summed E-state index contributed by atoms with van der Waals surface area (Å²) in [7, 11) is 1.52. The van der Waals surface area contributed by atoms with Crippen molar-refractivity contribution in [2.75, 3.05) is 20.2 Å².